The highest BCUT2D eigenvalue weighted by atomic mass is 16.5. The Kier molecular flexibility index (Phi) is 8.47. The molecule has 4 aromatic rings. The molecule has 0 spiro atoms. The van der Waals surface area contributed by atoms with Gasteiger partial charge in [-0.1, -0.05) is 67.6 Å². The third kappa shape index (κ3) is 6.05. The predicted octanol–water partition coefficient (Wildman–Crippen LogP) is 4.15. The molecule has 0 saturated carbocycles. The van der Waals surface area contributed by atoms with Crippen molar-refractivity contribution in [1.82, 2.24) is 20.3 Å². The number of rotatable bonds is 10. The number of para-hydroxylation sites is 1. The van der Waals surface area contributed by atoms with Crippen LogP contribution in [0.25, 0.3) is 11.0 Å². The Morgan fingerprint density at radius 3 is 2.45 bits per heavy atom. The molecule has 196 valence electrons. The number of hydrogen-bond acceptors (Lipinski definition) is 6. The molecule has 9 heteroatoms. The van der Waals surface area contributed by atoms with Crippen LogP contribution in [-0.2, 0) is 20.9 Å². The third-order valence-electron chi connectivity index (χ3n) is 6.16. The molecule has 1 atom stereocenters. The number of fused-ring (bicyclic) bond motifs is 1. The third-order valence-corrected chi connectivity index (χ3v) is 6.16. The Morgan fingerprint density at radius 2 is 1.71 bits per heavy atom. The predicted molar refractivity (Wildman–Crippen MR) is 144 cm³/mol. The first-order valence-electron chi connectivity index (χ1n) is 12.5. The molecule has 0 aliphatic carbocycles. The number of carbonyl (C=O) groups is 3. The largest absolute Gasteiger partial charge is 0.465 e. The summed E-state index contributed by atoms with van der Waals surface area (Å²) in [4.78, 5) is 41.5. The molecule has 0 bridgehead atoms. The number of amides is 2. The number of carbonyl (C=O) groups excluding carboxylic acids is 3. The smallest absolute Gasteiger partial charge is 0.337 e. The average molecular weight is 514 g/mol. The molecule has 0 fully saturated rings. The van der Waals surface area contributed by atoms with Crippen LogP contribution in [0.1, 0.15) is 42.2 Å². The molecule has 1 aromatic heterocycles. The summed E-state index contributed by atoms with van der Waals surface area (Å²) in [5, 5.41) is 11.3. The van der Waals surface area contributed by atoms with Crippen LogP contribution in [0.4, 0.5) is 5.69 Å². The van der Waals surface area contributed by atoms with E-state index in [2.05, 4.69) is 29.5 Å². The molecule has 3 aromatic carbocycles. The number of esters is 1. The number of nitrogens with one attached hydrogen (secondary N) is 1. The molecule has 1 heterocycles. The van der Waals surface area contributed by atoms with E-state index in [4.69, 9.17) is 4.74 Å². The first-order chi connectivity index (χ1) is 18.4. The van der Waals surface area contributed by atoms with E-state index in [1.165, 1.54) is 16.7 Å². The minimum absolute atomic E-state index is 0.161. The maximum Gasteiger partial charge on any atom is 0.337 e. The Labute approximate surface area is 221 Å². The van der Waals surface area contributed by atoms with Gasteiger partial charge >= 0.3 is 5.97 Å². The Hall–Kier alpha value is -4.53. The lowest BCUT2D eigenvalue weighted by Gasteiger charge is -2.32. The molecule has 0 saturated heterocycles. The molecule has 1 unspecified atom stereocenters. The van der Waals surface area contributed by atoms with Crippen LogP contribution >= 0.6 is 0 Å². The zero-order valence-corrected chi connectivity index (χ0v) is 21.7. The summed E-state index contributed by atoms with van der Waals surface area (Å²) in [5.41, 5.74) is 2.64. The van der Waals surface area contributed by atoms with Crippen LogP contribution in [0.5, 0.6) is 0 Å². The molecule has 9 nitrogen and oxygen atoms in total. The van der Waals surface area contributed by atoms with Gasteiger partial charge in [-0.15, -0.1) is 5.10 Å². The van der Waals surface area contributed by atoms with Crippen LogP contribution in [0.15, 0.2) is 78.9 Å². The van der Waals surface area contributed by atoms with E-state index in [1.807, 2.05) is 54.6 Å². The lowest BCUT2D eigenvalue weighted by molar-refractivity contribution is -0.127. The van der Waals surface area contributed by atoms with Crippen LogP contribution in [0, 0.1) is 5.92 Å². The molecular formula is C29H31N5O4. The van der Waals surface area contributed by atoms with Gasteiger partial charge in [-0.2, -0.15) is 0 Å². The highest BCUT2D eigenvalue weighted by molar-refractivity contribution is 6.02. The molecule has 1 N–H and O–H groups in total. The van der Waals surface area contributed by atoms with Crippen molar-refractivity contribution in [2.24, 2.45) is 5.92 Å². The number of benzene rings is 3. The van der Waals surface area contributed by atoms with Crippen molar-refractivity contribution in [1.29, 1.82) is 0 Å². The van der Waals surface area contributed by atoms with Crippen molar-refractivity contribution >= 4 is 34.5 Å². The van der Waals surface area contributed by atoms with Crippen LogP contribution in [0.3, 0.4) is 0 Å². The van der Waals surface area contributed by atoms with Crippen molar-refractivity contribution in [2.75, 3.05) is 18.6 Å². The SMILES string of the molecule is COC(=O)c1cccc(N(C(=O)Cn2nnc3ccccc32)C(C(=O)NCCC(C)C)c2ccccc2)c1. The monoisotopic (exact) mass is 513 g/mol. The quantitative estimate of drug-likeness (QED) is 0.319. The lowest BCUT2D eigenvalue weighted by atomic mass is 10.0. The molecule has 38 heavy (non-hydrogen) atoms. The maximum atomic E-state index is 14.0. The number of methoxy groups -OCH3 is 1. The van der Waals surface area contributed by atoms with Crippen molar-refractivity contribution < 1.29 is 19.1 Å². The number of hydrogen-bond donors (Lipinski definition) is 1. The van der Waals surface area contributed by atoms with Gasteiger partial charge in [0.1, 0.15) is 18.1 Å². The maximum absolute atomic E-state index is 14.0. The van der Waals surface area contributed by atoms with Gasteiger partial charge in [0.25, 0.3) is 0 Å². The number of nitrogens with zero attached hydrogens (tertiary/aromatic N) is 4. The second kappa shape index (κ2) is 12.1. The molecule has 0 aliphatic rings. The van der Waals surface area contributed by atoms with E-state index in [1.54, 1.807) is 24.3 Å². The van der Waals surface area contributed by atoms with E-state index in [-0.39, 0.29) is 18.0 Å². The van der Waals surface area contributed by atoms with Gasteiger partial charge < -0.3 is 10.1 Å². The fraction of sp³-hybridized carbons (Fsp3) is 0.276. The Bertz CT molecular complexity index is 1420. The fourth-order valence-electron chi connectivity index (χ4n) is 4.21. The standard InChI is InChI=1S/C29H31N5O4/c1-20(2)16-17-30-28(36)27(21-10-5-4-6-11-21)34(23-13-9-12-22(18-23)29(37)38-3)26(35)19-33-25-15-8-7-14-24(25)31-32-33/h4-15,18,20,27H,16-17,19H2,1-3H3,(H,30,36). The van der Waals surface area contributed by atoms with E-state index >= 15 is 0 Å². The summed E-state index contributed by atoms with van der Waals surface area (Å²) < 4.78 is 6.40. The van der Waals surface area contributed by atoms with Gasteiger partial charge in [-0.25, -0.2) is 9.48 Å². The summed E-state index contributed by atoms with van der Waals surface area (Å²) >= 11 is 0. The summed E-state index contributed by atoms with van der Waals surface area (Å²) in [6.45, 7) is 4.47. The van der Waals surface area contributed by atoms with Crippen LogP contribution in [-0.4, -0.2) is 46.4 Å². The minimum atomic E-state index is -0.987. The first-order valence-corrected chi connectivity index (χ1v) is 12.5. The fourth-order valence-corrected chi connectivity index (χ4v) is 4.21. The second-order valence-corrected chi connectivity index (χ2v) is 9.33. The second-order valence-electron chi connectivity index (χ2n) is 9.33. The lowest BCUT2D eigenvalue weighted by Crippen LogP contribution is -2.45. The van der Waals surface area contributed by atoms with Gasteiger partial charge in [0, 0.05) is 12.2 Å². The highest BCUT2D eigenvalue weighted by Gasteiger charge is 2.33. The van der Waals surface area contributed by atoms with Gasteiger partial charge in [0.05, 0.1) is 18.2 Å². The Balaban J connectivity index is 1.79. The topological polar surface area (TPSA) is 106 Å². The normalized spacial score (nSPS) is 11.8. The summed E-state index contributed by atoms with van der Waals surface area (Å²) in [6.07, 6.45) is 0.796. The van der Waals surface area contributed by atoms with E-state index in [0.717, 1.165) is 6.42 Å². The van der Waals surface area contributed by atoms with Gasteiger partial charge in [-0.3, -0.25) is 14.5 Å². The van der Waals surface area contributed by atoms with Gasteiger partial charge in [-0.05, 0) is 48.2 Å². The van der Waals surface area contributed by atoms with Crippen molar-refractivity contribution in [3.8, 4) is 0 Å². The van der Waals surface area contributed by atoms with Gasteiger partial charge in [0.15, 0.2) is 0 Å². The minimum Gasteiger partial charge on any atom is -0.465 e. The summed E-state index contributed by atoms with van der Waals surface area (Å²) in [6, 6.07) is 22.0. The van der Waals surface area contributed by atoms with E-state index in [9.17, 15) is 14.4 Å². The molecule has 0 radical (unpaired) electrons. The zero-order valence-electron chi connectivity index (χ0n) is 21.7. The molecule has 0 aliphatic heterocycles. The summed E-state index contributed by atoms with van der Waals surface area (Å²) in [5.74, 6) is -0.854. The van der Waals surface area contributed by atoms with Crippen molar-refractivity contribution in [3.05, 3.63) is 90.0 Å². The number of ether oxygens (including phenoxy) is 1. The Morgan fingerprint density at radius 1 is 0.974 bits per heavy atom. The molecule has 4 rings (SSSR count). The number of aromatic nitrogens is 3. The van der Waals surface area contributed by atoms with Crippen LogP contribution in [0.2, 0.25) is 0 Å². The molecular weight excluding hydrogens is 482 g/mol. The van der Waals surface area contributed by atoms with Crippen molar-refractivity contribution in [3.63, 3.8) is 0 Å². The van der Waals surface area contributed by atoms with Crippen LogP contribution < -0.4 is 10.2 Å². The average Bonchev–Trinajstić information content (AvgIpc) is 3.34. The first kappa shape index (κ1) is 26.5. The molecule has 2 amide bonds. The van der Waals surface area contributed by atoms with Gasteiger partial charge in [0.2, 0.25) is 11.8 Å². The van der Waals surface area contributed by atoms with E-state index in [0.29, 0.717) is 34.7 Å². The summed E-state index contributed by atoms with van der Waals surface area (Å²) in [7, 11) is 1.29. The van der Waals surface area contributed by atoms with Crippen molar-refractivity contribution in [2.45, 2.75) is 32.9 Å². The van der Waals surface area contributed by atoms with E-state index < -0.39 is 17.9 Å². The number of anilines is 1. The zero-order chi connectivity index (χ0) is 27.1. The highest BCUT2D eigenvalue weighted by Crippen LogP contribution is 2.30.